The van der Waals surface area contributed by atoms with Gasteiger partial charge in [0.05, 0.1) is 29.6 Å². The normalized spacial score (nSPS) is 20.7. The molecule has 1 heterocycles. The Kier molecular flexibility index (Phi) is 6.75. The van der Waals surface area contributed by atoms with Gasteiger partial charge in [0.25, 0.3) is 0 Å². The Hall–Kier alpha value is -2.22. The SMILES string of the molecule is Cc1c(F)cc(C#N)cc1NC(=O)NCCS(=O)(=O)N1C[C@H](C)O[C@@H](C)C1. The highest BCUT2D eigenvalue weighted by atomic mass is 32.2. The molecule has 1 fully saturated rings. The van der Waals surface area contributed by atoms with E-state index in [2.05, 4.69) is 10.6 Å². The van der Waals surface area contributed by atoms with Gasteiger partial charge in [0.1, 0.15) is 5.82 Å². The molecule has 2 rings (SSSR count). The van der Waals surface area contributed by atoms with E-state index in [-0.39, 0.29) is 54.4 Å². The van der Waals surface area contributed by atoms with E-state index in [0.717, 1.165) is 6.07 Å². The van der Waals surface area contributed by atoms with Gasteiger partial charge in [-0.15, -0.1) is 0 Å². The number of amides is 2. The third-order valence-electron chi connectivity index (χ3n) is 4.15. The van der Waals surface area contributed by atoms with Crippen molar-refractivity contribution in [3.8, 4) is 6.07 Å². The lowest BCUT2D eigenvalue weighted by atomic mass is 10.1. The molecule has 1 aromatic rings. The van der Waals surface area contributed by atoms with Gasteiger partial charge in [-0.3, -0.25) is 0 Å². The van der Waals surface area contributed by atoms with Crippen LogP contribution in [0.3, 0.4) is 0 Å². The van der Waals surface area contributed by atoms with Gasteiger partial charge < -0.3 is 15.4 Å². The molecule has 0 saturated carbocycles. The molecule has 27 heavy (non-hydrogen) atoms. The average Bonchev–Trinajstić information content (AvgIpc) is 2.57. The summed E-state index contributed by atoms with van der Waals surface area (Å²) >= 11 is 0. The molecule has 0 spiro atoms. The van der Waals surface area contributed by atoms with Gasteiger partial charge >= 0.3 is 6.03 Å². The summed E-state index contributed by atoms with van der Waals surface area (Å²) in [5.74, 6) is -0.867. The number of carbonyl (C=O) groups excluding carboxylic acids is 1. The number of hydrogen-bond acceptors (Lipinski definition) is 5. The summed E-state index contributed by atoms with van der Waals surface area (Å²) in [6, 6.07) is 3.56. The first-order chi connectivity index (χ1) is 12.6. The minimum Gasteiger partial charge on any atom is -0.373 e. The Morgan fingerprint density at radius 1 is 1.37 bits per heavy atom. The fraction of sp³-hybridized carbons (Fsp3) is 0.529. The fourth-order valence-corrected chi connectivity index (χ4v) is 4.31. The quantitative estimate of drug-likeness (QED) is 0.782. The van der Waals surface area contributed by atoms with Crippen molar-refractivity contribution in [3.05, 3.63) is 29.1 Å². The van der Waals surface area contributed by atoms with E-state index in [4.69, 9.17) is 10.00 Å². The second-order valence-electron chi connectivity index (χ2n) is 6.51. The van der Waals surface area contributed by atoms with Crippen LogP contribution in [0, 0.1) is 24.1 Å². The van der Waals surface area contributed by atoms with Crippen LogP contribution in [0.5, 0.6) is 0 Å². The van der Waals surface area contributed by atoms with E-state index >= 15 is 0 Å². The fourth-order valence-electron chi connectivity index (χ4n) is 2.82. The van der Waals surface area contributed by atoms with Crippen LogP contribution >= 0.6 is 0 Å². The zero-order chi connectivity index (χ0) is 20.2. The van der Waals surface area contributed by atoms with Crippen LogP contribution in [0.25, 0.3) is 0 Å². The molecule has 0 aliphatic carbocycles. The van der Waals surface area contributed by atoms with Crippen LogP contribution in [0.15, 0.2) is 12.1 Å². The number of nitrogens with zero attached hydrogens (tertiary/aromatic N) is 2. The van der Waals surface area contributed by atoms with Crippen molar-refractivity contribution in [2.75, 3.05) is 30.7 Å². The molecule has 1 aromatic carbocycles. The third kappa shape index (κ3) is 5.63. The van der Waals surface area contributed by atoms with Gasteiger partial charge in [-0.05, 0) is 32.9 Å². The number of halogens is 1. The maximum absolute atomic E-state index is 13.7. The Morgan fingerprint density at radius 3 is 2.59 bits per heavy atom. The van der Waals surface area contributed by atoms with Crippen molar-refractivity contribution in [2.45, 2.75) is 33.0 Å². The van der Waals surface area contributed by atoms with Crippen molar-refractivity contribution in [3.63, 3.8) is 0 Å². The third-order valence-corrected chi connectivity index (χ3v) is 5.95. The van der Waals surface area contributed by atoms with Crippen LogP contribution < -0.4 is 10.6 Å². The van der Waals surface area contributed by atoms with E-state index in [1.165, 1.54) is 17.3 Å². The van der Waals surface area contributed by atoms with Gasteiger partial charge in [0, 0.05) is 30.9 Å². The highest BCUT2D eigenvalue weighted by Crippen LogP contribution is 2.20. The molecule has 1 saturated heterocycles. The maximum atomic E-state index is 13.7. The summed E-state index contributed by atoms with van der Waals surface area (Å²) in [5.41, 5.74) is 0.419. The van der Waals surface area contributed by atoms with Gasteiger partial charge in [-0.25, -0.2) is 17.6 Å². The van der Waals surface area contributed by atoms with Crippen molar-refractivity contribution >= 4 is 21.7 Å². The first-order valence-corrected chi connectivity index (χ1v) is 10.1. The predicted molar refractivity (Wildman–Crippen MR) is 98.2 cm³/mol. The van der Waals surface area contributed by atoms with Gasteiger partial charge in [-0.1, -0.05) is 0 Å². The number of carbonyl (C=O) groups is 1. The van der Waals surface area contributed by atoms with E-state index < -0.39 is 21.9 Å². The minimum absolute atomic E-state index is 0.0755. The molecule has 8 nitrogen and oxygen atoms in total. The Bertz CT molecular complexity index is 843. The lowest BCUT2D eigenvalue weighted by Crippen LogP contribution is -2.49. The number of urea groups is 1. The van der Waals surface area contributed by atoms with Crippen molar-refractivity contribution in [2.24, 2.45) is 0 Å². The first kappa shape index (κ1) is 21.1. The second kappa shape index (κ2) is 8.65. The monoisotopic (exact) mass is 398 g/mol. The Morgan fingerprint density at radius 2 is 2.00 bits per heavy atom. The molecule has 2 atom stereocenters. The van der Waals surface area contributed by atoms with Crippen molar-refractivity contribution in [1.29, 1.82) is 5.26 Å². The zero-order valence-corrected chi connectivity index (χ0v) is 16.3. The van der Waals surface area contributed by atoms with Crippen LogP contribution in [-0.4, -0.2) is 56.3 Å². The maximum Gasteiger partial charge on any atom is 0.319 e. The number of hydrogen-bond donors (Lipinski definition) is 2. The molecular formula is C17H23FN4O4S. The molecule has 1 aliphatic heterocycles. The van der Waals surface area contributed by atoms with E-state index in [9.17, 15) is 17.6 Å². The predicted octanol–water partition coefficient (Wildman–Crippen LogP) is 1.57. The molecule has 148 valence electrons. The average molecular weight is 398 g/mol. The minimum atomic E-state index is -3.54. The lowest BCUT2D eigenvalue weighted by molar-refractivity contribution is -0.0440. The molecule has 0 unspecified atom stereocenters. The van der Waals surface area contributed by atoms with Crippen LogP contribution in [0.1, 0.15) is 25.0 Å². The number of benzene rings is 1. The van der Waals surface area contributed by atoms with Crippen LogP contribution in [-0.2, 0) is 14.8 Å². The summed E-state index contributed by atoms with van der Waals surface area (Å²) in [7, 11) is -3.54. The number of nitrogens with one attached hydrogen (secondary N) is 2. The summed E-state index contributed by atoms with van der Waals surface area (Å²) in [5, 5.41) is 13.8. The number of sulfonamides is 1. The smallest absolute Gasteiger partial charge is 0.319 e. The van der Waals surface area contributed by atoms with Crippen molar-refractivity contribution < 1.29 is 22.3 Å². The molecule has 1 aliphatic rings. The highest BCUT2D eigenvalue weighted by Gasteiger charge is 2.30. The van der Waals surface area contributed by atoms with Crippen LogP contribution in [0.4, 0.5) is 14.9 Å². The standard InChI is InChI=1S/C17H23FN4O4S/c1-11-9-22(10-12(2)26-11)27(24,25)5-4-20-17(23)21-16-7-14(8-19)6-15(18)13(16)3/h6-7,11-12H,4-5,9-10H2,1-3H3,(H2,20,21,23)/t11-,12-/m0/s1. The summed E-state index contributed by atoms with van der Waals surface area (Å²) in [6.45, 7) is 5.53. The van der Waals surface area contributed by atoms with Gasteiger partial charge in [-0.2, -0.15) is 9.57 Å². The lowest BCUT2D eigenvalue weighted by Gasteiger charge is -2.34. The number of anilines is 1. The van der Waals surface area contributed by atoms with Crippen LogP contribution in [0.2, 0.25) is 0 Å². The molecule has 0 radical (unpaired) electrons. The number of rotatable bonds is 5. The molecule has 0 aromatic heterocycles. The van der Waals surface area contributed by atoms with Gasteiger partial charge in [0.2, 0.25) is 10.0 Å². The topological polar surface area (TPSA) is 112 Å². The number of nitriles is 1. The Balaban J connectivity index is 1.91. The molecule has 0 bridgehead atoms. The molecular weight excluding hydrogens is 375 g/mol. The van der Waals surface area contributed by atoms with Gasteiger partial charge in [0.15, 0.2) is 0 Å². The largest absolute Gasteiger partial charge is 0.373 e. The second-order valence-corrected chi connectivity index (χ2v) is 8.60. The molecule has 2 amide bonds. The summed E-state index contributed by atoms with van der Waals surface area (Å²) < 4.78 is 45.4. The molecule has 10 heteroatoms. The summed E-state index contributed by atoms with van der Waals surface area (Å²) in [4.78, 5) is 12.0. The van der Waals surface area contributed by atoms with E-state index in [1.54, 1.807) is 13.8 Å². The molecule has 2 N–H and O–H groups in total. The Labute approximate surface area is 158 Å². The first-order valence-electron chi connectivity index (χ1n) is 8.50. The summed E-state index contributed by atoms with van der Waals surface area (Å²) in [6.07, 6.45) is -0.380. The van der Waals surface area contributed by atoms with Crippen molar-refractivity contribution in [1.82, 2.24) is 9.62 Å². The number of ether oxygens (including phenoxy) is 1. The zero-order valence-electron chi connectivity index (χ0n) is 15.5. The highest BCUT2D eigenvalue weighted by molar-refractivity contribution is 7.89. The van der Waals surface area contributed by atoms with E-state index in [1.807, 2.05) is 6.07 Å². The number of morpholine rings is 1. The van der Waals surface area contributed by atoms with E-state index in [0.29, 0.717) is 0 Å².